The van der Waals surface area contributed by atoms with Crippen molar-refractivity contribution in [3.63, 3.8) is 0 Å². The molecule has 1 aliphatic carbocycles. The molecule has 0 saturated heterocycles. The molecule has 1 atom stereocenters. The molecule has 1 heterocycles. The minimum atomic E-state index is -0.0692. The summed E-state index contributed by atoms with van der Waals surface area (Å²) in [6, 6.07) is 16.4. The van der Waals surface area contributed by atoms with Gasteiger partial charge in [0.05, 0.1) is 0 Å². The maximum absolute atomic E-state index is 11.9. The van der Waals surface area contributed by atoms with Crippen molar-refractivity contribution < 1.29 is 9.53 Å². The van der Waals surface area contributed by atoms with Gasteiger partial charge >= 0.3 is 0 Å². The van der Waals surface area contributed by atoms with Gasteiger partial charge in [0.1, 0.15) is 17.3 Å². The summed E-state index contributed by atoms with van der Waals surface area (Å²) in [6.45, 7) is 0. The lowest BCUT2D eigenvalue weighted by Crippen LogP contribution is -2.25. The molecule has 0 radical (unpaired) electrons. The van der Waals surface area contributed by atoms with Crippen LogP contribution in [0.4, 0.5) is 0 Å². The molecule has 2 nitrogen and oxygen atoms in total. The zero-order chi connectivity index (χ0) is 13.6. The molecule has 100 valence electrons. The second kappa shape index (κ2) is 4.20. The van der Waals surface area contributed by atoms with Gasteiger partial charge in [-0.25, -0.2) is 0 Å². The average molecular weight is 264 g/mol. The molecule has 2 heteroatoms. The number of Topliss-reactive ketones (excluding diaryl/α,β-unsaturated/α-hetero) is 1. The molecule has 1 fully saturated rings. The van der Waals surface area contributed by atoms with Crippen LogP contribution in [0.25, 0.3) is 0 Å². The van der Waals surface area contributed by atoms with Crippen LogP contribution < -0.4 is 4.74 Å². The minimum Gasteiger partial charge on any atom is -0.457 e. The number of carbonyl (C=O) groups excluding carboxylic acids is 1. The third kappa shape index (κ3) is 1.68. The molecule has 0 bridgehead atoms. The Hall–Kier alpha value is -2.09. The van der Waals surface area contributed by atoms with Crippen molar-refractivity contribution in [3.05, 3.63) is 59.7 Å². The van der Waals surface area contributed by atoms with Gasteiger partial charge < -0.3 is 4.74 Å². The molecular formula is C18H16O2. The van der Waals surface area contributed by atoms with Gasteiger partial charge in [0, 0.05) is 23.8 Å². The van der Waals surface area contributed by atoms with E-state index in [-0.39, 0.29) is 5.41 Å². The molecule has 2 aliphatic rings. The van der Waals surface area contributed by atoms with Crippen molar-refractivity contribution in [2.24, 2.45) is 0 Å². The van der Waals surface area contributed by atoms with Crippen LogP contribution in [0.5, 0.6) is 11.5 Å². The molecule has 0 N–H and O–H groups in total. The van der Waals surface area contributed by atoms with E-state index in [0.717, 1.165) is 24.3 Å². The standard InChI is InChI=1S/C18H16O2/c19-14-9-10-18(12-14)11-13-5-1-3-7-16(13)20-17-8-4-2-6-15(17)18/h1-8H,9-12H2. The van der Waals surface area contributed by atoms with Crippen LogP contribution in [0.2, 0.25) is 0 Å². The number of carbonyl (C=O) groups is 1. The van der Waals surface area contributed by atoms with E-state index in [2.05, 4.69) is 12.1 Å². The van der Waals surface area contributed by atoms with E-state index in [4.69, 9.17) is 4.74 Å². The largest absolute Gasteiger partial charge is 0.457 e. The van der Waals surface area contributed by atoms with Crippen LogP contribution in [-0.2, 0) is 16.6 Å². The number of hydrogen-bond donors (Lipinski definition) is 0. The lowest BCUT2D eigenvalue weighted by Gasteiger charge is -2.28. The maximum Gasteiger partial charge on any atom is 0.133 e. The van der Waals surface area contributed by atoms with Crippen LogP contribution in [-0.4, -0.2) is 5.78 Å². The quantitative estimate of drug-likeness (QED) is 0.718. The minimum absolute atomic E-state index is 0.0692. The van der Waals surface area contributed by atoms with Crippen molar-refractivity contribution in [1.82, 2.24) is 0 Å². The van der Waals surface area contributed by atoms with E-state index in [1.165, 1.54) is 11.1 Å². The van der Waals surface area contributed by atoms with Crippen LogP contribution in [0, 0.1) is 0 Å². The third-order valence-electron chi connectivity index (χ3n) is 4.60. The fourth-order valence-electron chi connectivity index (χ4n) is 3.64. The zero-order valence-corrected chi connectivity index (χ0v) is 11.3. The first kappa shape index (κ1) is 11.7. The molecule has 0 aromatic heterocycles. The molecule has 20 heavy (non-hydrogen) atoms. The van der Waals surface area contributed by atoms with Crippen molar-refractivity contribution >= 4 is 5.78 Å². The summed E-state index contributed by atoms with van der Waals surface area (Å²) in [5.74, 6) is 2.21. The molecule has 1 unspecified atom stereocenters. The molecular weight excluding hydrogens is 248 g/mol. The second-order valence-electron chi connectivity index (χ2n) is 5.88. The molecule has 2 aromatic carbocycles. The van der Waals surface area contributed by atoms with Gasteiger partial charge in [-0.05, 0) is 30.5 Å². The first-order valence-electron chi connectivity index (χ1n) is 7.14. The highest BCUT2D eigenvalue weighted by atomic mass is 16.5. The van der Waals surface area contributed by atoms with Crippen molar-refractivity contribution in [1.29, 1.82) is 0 Å². The van der Waals surface area contributed by atoms with Gasteiger partial charge in [0.15, 0.2) is 0 Å². The number of rotatable bonds is 0. The van der Waals surface area contributed by atoms with Gasteiger partial charge in [0.25, 0.3) is 0 Å². The fraction of sp³-hybridized carbons (Fsp3) is 0.278. The number of ketones is 1. The summed E-state index contributed by atoms with van der Waals surface area (Å²) in [5, 5.41) is 0. The van der Waals surface area contributed by atoms with Crippen molar-refractivity contribution in [2.45, 2.75) is 31.1 Å². The number of ether oxygens (including phenoxy) is 1. The summed E-state index contributed by atoms with van der Waals surface area (Å²) in [4.78, 5) is 11.9. The summed E-state index contributed by atoms with van der Waals surface area (Å²) in [7, 11) is 0. The predicted octanol–water partition coefficient (Wildman–Crippen LogP) is 4.03. The Kier molecular flexibility index (Phi) is 2.46. The second-order valence-corrected chi connectivity index (χ2v) is 5.88. The molecule has 2 aromatic rings. The van der Waals surface area contributed by atoms with Gasteiger partial charge in [-0.1, -0.05) is 36.4 Å². The summed E-state index contributed by atoms with van der Waals surface area (Å²) >= 11 is 0. The predicted molar refractivity (Wildman–Crippen MR) is 77.2 cm³/mol. The smallest absolute Gasteiger partial charge is 0.133 e. The Labute approximate surface area is 118 Å². The highest BCUT2D eigenvalue weighted by Gasteiger charge is 2.43. The number of hydrogen-bond acceptors (Lipinski definition) is 2. The number of para-hydroxylation sites is 2. The normalized spacial score (nSPS) is 23.9. The van der Waals surface area contributed by atoms with Crippen molar-refractivity contribution in [3.8, 4) is 11.5 Å². The molecule has 4 rings (SSSR count). The Bertz CT molecular complexity index is 689. The lowest BCUT2D eigenvalue weighted by molar-refractivity contribution is -0.117. The van der Waals surface area contributed by atoms with Crippen molar-refractivity contribution in [2.75, 3.05) is 0 Å². The molecule has 0 amide bonds. The molecule has 1 saturated carbocycles. The third-order valence-corrected chi connectivity index (χ3v) is 4.60. The van der Waals surface area contributed by atoms with Gasteiger partial charge in [-0.2, -0.15) is 0 Å². The van der Waals surface area contributed by atoms with Gasteiger partial charge in [0.2, 0.25) is 0 Å². The lowest BCUT2D eigenvalue weighted by atomic mass is 9.74. The highest BCUT2D eigenvalue weighted by molar-refractivity contribution is 5.83. The van der Waals surface area contributed by atoms with Crippen LogP contribution in [0.15, 0.2) is 48.5 Å². The average Bonchev–Trinajstić information content (AvgIpc) is 2.77. The topological polar surface area (TPSA) is 26.3 Å². The van der Waals surface area contributed by atoms with E-state index >= 15 is 0 Å². The molecule has 1 spiro atoms. The van der Waals surface area contributed by atoms with E-state index in [9.17, 15) is 4.79 Å². The Morgan fingerprint density at radius 2 is 1.65 bits per heavy atom. The first-order valence-corrected chi connectivity index (χ1v) is 7.14. The summed E-state index contributed by atoms with van der Waals surface area (Å²) in [5.41, 5.74) is 2.33. The van der Waals surface area contributed by atoms with E-state index in [0.29, 0.717) is 18.6 Å². The molecule has 1 aliphatic heterocycles. The summed E-state index contributed by atoms with van der Waals surface area (Å²) < 4.78 is 6.11. The Morgan fingerprint density at radius 3 is 2.45 bits per heavy atom. The van der Waals surface area contributed by atoms with Crippen LogP contribution in [0.1, 0.15) is 30.4 Å². The first-order chi connectivity index (χ1) is 9.77. The zero-order valence-electron chi connectivity index (χ0n) is 11.3. The number of benzene rings is 2. The SMILES string of the molecule is O=C1CCC2(C1)Cc1ccccc1Oc1ccccc12. The van der Waals surface area contributed by atoms with Gasteiger partial charge in [-0.15, -0.1) is 0 Å². The fourth-order valence-corrected chi connectivity index (χ4v) is 3.64. The maximum atomic E-state index is 11.9. The van der Waals surface area contributed by atoms with E-state index in [1.807, 2.05) is 36.4 Å². The van der Waals surface area contributed by atoms with Crippen LogP contribution >= 0.6 is 0 Å². The van der Waals surface area contributed by atoms with E-state index < -0.39 is 0 Å². The Balaban J connectivity index is 1.93. The number of fused-ring (bicyclic) bond motifs is 3. The van der Waals surface area contributed by atoms with E-state index in [1.54, 1.807) is 0 Å². The summed E-state index contributed by atoms with van der Waals surface area (Å²) in [6.07, 6.45) is 3.16. The highest BCUT2D eigenvalue weighted by Crippen LogP contribution is 2.49. The van der Waals surface area contributed by atoms with Crippen LogP contribution in [0.3, 0.4) is 0 Å². The monoisotopic (exact) mass is 264 g/mol. The Morgan fingerprint density at radius 1 is 0.900 bits per heavy atom. The van der Waals surface area contributed by atoms with Gasteiger partial charge in [-0.3, -0.25) is 4.79 Å².